The third-order valence-electron chi connectivity index (χ3n) is 4.32. The molecule has 2 saturated heterocycles. The van der Waals surface area contributed by atoms with Crippen LogP contribution < -0.4 is 5.32 Å². The van der Waals surface area contributed by atoms with Crippen molar-refractivity contribution in [2.75, 3.05) is 13.1 Å². The van der Waals surface area contributed by atoms with Crippen LogP contribution >= 0.6 is 0 Å². The molecule has 2 unspecified atom stereocenters. The first kappa shape index (κ1) is 14.0. The van der Waals surface area contributed by atoms with Crippen LogP contribution in [0, 0.1) is 5.92 Å². The van der Waals surface area contributed by atoms with Gasteiger partial charge in [-0.3, -0.25) is 14.7 Å². The number of piperidine rings is 2. The standard InChI is InChI=1S/C14H21N5O2/c1-2-3-11-16-13(18-17-11)14(21)19-7-6-10-9(8-19)4-5-12(20)15-10/h9-10H,2-8H2,1H3,(H,15,20)(H,16,17,18). The average Bonchev–Trinajstić information content (AvgIpc) is 2.95. The number of aromatic amines is 1. The summed E-state index contributed by atoms with van der Waals surface area (Å²) in [7, 11) is 0. The van der Waals surface area contributed by atoms with Gasteiger partial charge >= 0.3 is 0 Å². The number of fused-ring (bicyclic) bond motifs is 1. The van der Waals surface area contributed by atoms with Gasteiger partial charge in [-0.25, -0.2) is 4.98 Å². The minimum absolute atomic E-state index is 0.107. The van der Waals surface area contributed by atoms with E-state index in [0.717, 1.165) is 31.5 Å². The van der Waals surface area contributed by atoms with Gasteiger partial charge in [0.2, 0.25) is 11.7 Å². The molecule has 1 aromatic heterocycles. The second-order valence-corrected chi connectivity index (χ2v) is 5.87. The average molecular weight is 291 g/mol. The third-order valence-corrected chi connectivity index (χ3v) is 4.32. The molecule has 3 rings (SSSR count). The topological polar surface area (TPSA) is 91.0 Å². The van der Waals surface area contributed by atoms with E-state index >= 15 is 0 Å². The van der Waals surface area contributed by atoms with E-state index in [1.807, 2.05) is 4.90 Å². The van der Waals surface area contributed by atoms with Crippen molar-refractivity contribution in [2.45, 2.75) is 45.1 Å². The number of H-pyrrole nitrogens is 1. The van der Waals surface area contributed by atoms with Crippen LogP contribution in [-0.2, 0) is 11.2 Å². The van der Waals surface area contributed by atoms with Crippen molar-refractivity contribution in [1.29, 1.82) is 0 Å². The lowest BCUT2D eigenvalue weighted by atomic mass is 9.85. The van der Waals surface area contributed by atoms with Crippen molar-refractivity contribution in [3.05, 3.63) is 11.6 Å². The van der Waals surface area contributed by atoms with E-state index in [-0.39, 0.29) is 23.7 Å². The molecule has 3 heterocycles. The summed E-state index contributed by atoms with van der Waals surface area (Å²) in [6.07, 6.45) is 4.00. The van der Waals surface area contributed by atoms with Gasteiger partial charge in [0.05, 0.1) is 0 Å². The fourth-order valence-corrected chi connectivity index (χ4v) is 3.18. The molecule has 114 valence electrons. The fourth-order valence-electron chi connectivity index (χ4n) is 3.18. The first-order valence-corrected chi connectivity index (χ1v) is 7.67. The Morgan fingerprint density at radius 1 is 1.43 bits per heavy atom. The minimum Gasteiger partial charge on any atom is -0.353 e. The highest BCUT2D eigenvalue weighted by molar-refractivity contribution is 5.90. The number of likely N-dealkylation sites (tertiary alicyclic amines) is 1. The molecule has 2 aliphatic rings. The molecule has 2 aliphatic heterocycles. The molecular formula is C14H21N5O2. The zero-order valence-electron chi connectivity index (χ0n) is 12.3. The van der Waals surface area contributed by atoms with Crippen molar-refractivity contribution in [2.24, 2.45) is 5.92 Å². The Hall–Kier alpha value is -1.92. The number of aromatic nitrogens is 3. The quantitative estimate of drug-likeness (QED) is 0.848. The van der Waals surface area contributed by atoms with E-state index in [1.54, 1.807) is 0 Å². The lowest BCUT2D eigenvalue weighted by Crippen LogP contribution is -2.55. The normalized spacial score (nSPS) is 25.4. The van der Waals surface area contributed by atoms with Crippen molar-refractivity contribution in [3.8, 4) is 0 Å². The molecule has 2 N–H and O–H groups in total. The number of rotatable bonds is 3. The van der Waals surface area contributed by atoms with Crippen LogP contribution in [0.4, 0.5) is 0 Å². The van der Waals surface area contributed by atoms with Crippen molar-refractivity contribution in [3.63, 3.8) is 0 Å². The summed E-state index contributed by atoms with van der Waals surface area (Å²) in [5.41, 5.74) is 0. The molecule has 7 heteroatoms. The molecule has 0 bridgehead atoms. The van der Waals surface area contributed by atoms with Gasteiger partial charge in [0.25, 0.3) is 5.91 Å². The molecule has 7 nitrogen and oxygen atoms in total. The third kappa shape index (κ3) is 2.91. The van der Waals surface area contributed by atoms with Crippen LogP contribution in [0.15, 0.2) is 0 Å². The Morgan fingerprint density at radius 3 is 3.10 bits per heavy atom. The maximum Gasteiger partial charge on any atom is 0.293 e. The zero-order chi connectivity index (χ0) is 14.8. The predicted molar refractivity (Wildman–Crippen MR) is 75.6 cm³/mol. The predicted octanol–water partition coefficient (Wildman–Crippen LogP) is 0.498. The SMILES string of the molecule is CCCc1nc(C(=O)N2CCC3NC(=O)CCC3C2)n[nH]1. The van der Waals surface area contributed by atoms with E-state index in [9.17, 15) is 9.59 Å². The second kappa shape index (κ2) is 5.83. The molecule has 0 saturated carbocycles. The van der Waals surface area contributed by atoms with E-state index in [1.165, 1.54) is 0 Å². The first-order valence-electron chi connectivity index (χ1n) is 7.67. The molecule has 0 aliphatic carbocycles. The monoisotopic (exact) mass is 291 g/mol. The molecule has 1 aromatic rings. The van der Waals surface area contributed by atoms with Crippen LogP contribution in [0.25, 0.3) is 0 Å². The number of hydrogen-bond acceptors (Lipinski definition) is 4. The lowest BCUT2D eigenvalue weighted by molar-refractivity contribution is -0.125. The number of nitrogens with one attached hydrogen (secondary N) is 2. The minimum atomic E-state index is -0.107. The van der Waals surface area contributed by atoms with Crippen LogP contribution in [0.2, 0.25) is 0 Å². The largest absolute Gasteiger partial charge is 0.353 e. The summed E-state index contributed by atoms with van der Waals surface area (Å²) in [5.74, 6) is 1.41. The second-order valence-electron chi connectivity index (χ2n) is 5.87. The summed E-state index contributed by atoms with van der Waals surface area (Å²) in [5, 5.41) is 9.88. The van der Waals surface area contributed by atoms with Gasteiger partial charge in [-0.1, -0.05) is 6.92 Å². The molecule has 2 atom stereocenters. The van der Waals surface area contributed by atoms with Crippen LogP contribution in [-0.4, -0.2) is 51.0 Å². The Bertz CT molecular complexity index is 541. The van der Waals surface area contributed by atoms with Crippen molar-refractivity contribution < 1.29 is 9.59 Å². The first-order chi connectivity index (χ1) is 10.2. The lowest BCUT2D eigenvalue weighted by Gasteiger charge is -2.41. The zero-order valence-corrected chi connectivity index (χ0v) is 12.3. The molecule has 0 radical (unpaired) electrons. The van der Waals surface area contributed by atoms with Crippen LogP contribution in [0.3, 0.4) is 0 Å². The highest BCUT2D eigenvalue weighted by Gasteiger charge is 2.36. The Morgan fingerprint density at radius 2 is 2.29 bits per heavy atom. The van der Waals surface area contributed by atoms with Gasteiger partial charge in [0.15, 0.2) is 0 Å². The van der Waals surface area contributed by atoms with Gasteiger partial charge in [0, 0.05) is 32.0 Å². The maximum atomic E-state index is 12.4. The van der Waals surface area contributed by atoms with E-state index in [0.29, 0.717) is 25.4 Å². The summed E-state index contributed by atoms with van der Waals surface area (Å²) in [6.45, 7) is 3.39. The van der Waals surface area contributed by atoms with Gasteiger partial charge < -0.3 is 10.2 Å². The molecule has 0 spiro atoms. The van der Waals surface area contributed by atoms with Gasteiger partial charge in [-0.2, -0.15) is 0 Å². The number of hydrogen-bond donors (Lipinski definition) is 2. The molecule has 2 amide bonds. The molecule has 0 aromatic carbocycles. The van der Waals surface area contributed by atoms with E-state index < -0.39 is 0 Å². The number of carbonyl (C=O) groups excluding carboxylic acids is 2. The van der Waals surface area contributed by atoms with Crippen molar-refractivity contribution >= 4 is 11.8 Å². The Balaban J connectivity index is 1.64. The van der Waals surface area contributed by atoms with Gasteiger partial charge in [-0.05, 0) is 25.2 Å². The smallest absolute Gasteiger partial charge is 0.293 e. The van der Waals surface area contributed by atoms with E-state index in [2.05, 4.69) is 27.4 Å². The number of amides is 2. The Labute approximate surface area is 123 Å². The Kier molecular flexibility index (Phi) is 3.90. The summed E-state index contributed by atoms with van der Waals surface area (Å²) in [6, 6.07) is 0.220. The maximum absolute atomic E-state index is 12.4. The molecular weight excluding hydrogens is 270 g/mol. The van der Waals surface area contributed by atoms with Crippen molar-refractivity contribution in [1.82, 2.24) is 25.4 Å². The molecule has 21 heavy (non-hydrogen) atoms. The molecule has 2 fully saturated rings. The summed E-state index contributed by atoms with van der Waals surface area (Å²) >= 11 is 0. The highest BCUT2D eigenvalue weighted by Crippen LogP contribution is 2.25. The van der Waals surface area contributed by atoms with Gasteiger partial charge in [-0.15, -0.1) is 5.10 Å². The highest BCUT2D eigenvalue weighted by atomic mass is 16.2. The van der Waals surface area contributed by atoms with Crippen LogP contribution in [0.1, 0.15) is 49.1 Å². The number of aryl methyl sites for hydroxylation is 1. The van der Waals surface area contributed by atoms with Crippen LogP contribution in [0.5, 0.6) is 0 Å². The fraction of sp³-hybridized carbons (Fsp3) is 0.714. The van der Waals surface area contributed by atoms with E-state index in [4.69, 9.17) is 0 Å². The number of carbonyl (C=O) groups is 2. The van der Waals surface area contributed by atoms with Gasteiger partial charge in [0.1, 0.15) is 5.82 Å². The summed E-state index contributed by atoms with van der Waals surface area (Å²) in [4.78, 5) is 29.9. The summed E-state index contributed by atoms with van der Waals surface area (Å²) < 4.78 is 0. The number of nitrogens with zero attached hydrogens (tertiary/aromatic N) is 3.